The highest BCUT2D eigenvalue weighted by atomic mass is 16.2. The van der Waals surface area contributed by atoms with Gasteiger partial charge in [0, 0.05) is 6.08 Å². The number of benzene rings is 1. The van der Waals surface area contributed by atoms with Crippen LogP contribution >= 0.6 is 0 Å². The van der Waals surface area contributed by atoms with Crippen LogP contribution in [0.3, 0.4) is 0 Å². The van der Waals surface area contributed by atoms with E-state index >= 15 is 0 Å². The predicted molar refractivity (Wildman–Crippen MR) is 69.5 cm³/mol. The van der Waals surface area contributed by atoms with Crippen LogP contribution in [0, 0.1) is 17.2 Å². The second kappa shape index (κ2) is 5.49. The molecule has 0 N–H and O–H groups in total. The molecule has 1 atom stereocenters. The van der Waals surface area contributed by atoms with Gasteiger partial charge >= 0.3 is 0 Å². The molecule has 1 unspecified atom stereocenters. The maximum absolute atomic E-state index is 12.2. The van der Waals surface area contributed by atoms with E-state index in [4.69, 9.17) is 5.26 Å². The van der Waals surface area contributed by atoms with Crippen LogP contribution in [-0.4, -0.2) is 16.7 Å². The summed E-state index contributed by atoms with van der Waals surface area (Å²) < 4.78 is 0. The molecular formula is C15H14N2O2. The van der Waals surface area contributed by atoms with Gasteiger partial charge in [-0.3, -0.25) is 14.5 Å². The Balaban J connectivity index is 2.28. The highest BCUT2D eigenvalue weighted by Gasteiger charge is 2.34. The highest BCUT2D eigenvalue weighted by molar-refractivity contribution is 6.07. The van der Waals surface area contributed by atoms with Gasteiger partial charge in [0.05, 0.1) is 12.6 Å². The van der Waals surface area contributed by atoms with Crippen LogP contribution in [0.1, 0.15) is 18.9 Å². The monoisotopic (exact) mass is 254 g/mol. The maximum atomic E-state index is 12.2. The van der Waals surface area contributed by atoms with Crippen molar-refractivity contribution < 1.29 is 9.59 Å². The number of imide groups is 1. The van der Waals surface area contributed by atoms with Crippen LogP contribution < -0.4 is 0 Å². The number of carbonyl (C=O) groups is 2. The Morgan fingerprint density at radius 1 is 1.26 bits per heavy atom. The molecule has 0 aliphatic carbocycles. The third kappa shape index (κ3) is 2.55. The first-order valence-corrected chi connectivity index (χ1v) is 6.16. The van der Waals surface area contributed by atoms with Crippen molar-refractivity contribution in [1.82, 2.24) is 4.90 Å². The molecule has 0 aromatic heterocycles. The Kier molecular flexibility index (Phi) is 3.76. The molecule has 0 spiro atoms. The van der Waals surface area contributed by atoms with Gasteiger partial charge < -0.3 is 0 Å². The summed E-state index contributed by atoms with van der Waals surface area (Å²) in [6, 6.07) is 11.2. The quantitative estimate of drug-likeness (QED) is 0.775. The first-order valence-electron chi connectivity index (χ1n) is 6.16. The standard InChI is InChI=1S/C15H14N2O2/c1-2-12-8-14(18)17(15(19)13(12)9-16)10-11-6-4-3-5-7-11/h3-8,13H,2,10H2,1H3. The van der Waals surface area contributed by atoms with Gasteiger partial charge in [0.2, 0.25) is 0 Å². The van der Waals surface area contributed by atoms with Crippen LogP contribution in [0.2, 0.25) is 0 Å². The number of nitrogens with zero attached hydrogens (tertiary/aromatic N) is 2. The molecule has 0 saturated heterocycles. The third-order valence-electron chi connectivity index (χ3n) is 3.18. The molecule has 4 nitrogen and oxygen atoms in total. The summed E-state index contributed by atoms with van der Waals surface area (Å²) in [5, 5.41) is 9.08. The Morgan fingerprint density at radius 3 is 2.53 bits per heavy atom. The molecule has 19 heavy (non-hydrogen) atoms. The van der Waals surface area contributed by atoms with Gasteiger partial charge in [0.1, 0.15) is 5.92 Å². The summed E-state index contributed by atoms with van der Waals surface area (Å²) >= 11 is 0. The highest BCUT2D eigenvalue weighted by Crippen LogP contribution is 2.23. The van der Waals surface area contributed by atoms with Crippen molar-refractivity contribution >= 4 is 11.8 Å². The van der Waals surface area contributed by atoms with E-state index in [2.05, 4.69) is 0 Å². The van der Waals surface area contributed by atoms with E-state index in [1.165, 1.54) is 6.08 Å². The van der Waals surface area contributed by atoms with Crippen LogP contribution in [-0.2, 0) is 16.1 Å². The van der Waals surface area contributed by atoms with Crippen molar-refractivity contribution in [2.24, 2.45) is 5.92 Å². The van der Waals surface area contributed by atoms with E-state index in [-0.39, 0.29) is 12.5 Å². The molecule has 1 heterocycles. The molecule has 1 aliphatic rings. The van der Waals surface area contributed by atoms with Crippen LogP contribution in [0.15, 0.2) is 42.0 Å². The van der Waals surface area contributed by atoms with E-state index in [1.54, 1.807) is 0 Å². The van der Waals surface area contributed by atoms with E-state index in [0.717, 1.165) is 10.5 Å². The molecule has 0 bridgehead atoms. The van der Waals surface area contributed by atoms with Gasteiger partial charge in [0.25, 0.3) is 11.8 Å². The lowest BCUT2D eigenvalue weighted by molar-refractivity contribution is -0.145. The van der Waals surface area contributed by atoms with E-state index < -0.39 is 11.8 Å². The van der Waals surface area contributed by atoms with Crippen molar-refractivity contribution in [1.29, 1.82) is 5.26 Å². The second-order valence-electron chi connectivity index (χ2n) is 4.38. The first-order chi connectivity index (χ1) is 9.17. The van der Waals surface area contributed by atoms with Gasteiger partial charge in [-0.1, -0.05) is 37.3 Å². The Bertz CT molecular complexity index is 570. The lowest BCUT2D eigenvalue weighted by atomic mass is 9.92. The molecule has 1 aromatic rings. The van der Waals surface area contributed by atoms with E-state index in [0.29, 0.717) is 12.0 Å². The largest absolute Gasteiger partial charge is 0.273 e. The summed E-state index contributed by atoms with van der Waals surface area (Å²) in [6.45, 7) is 2.05. The fourth-order valence-electron chi connectivity index (χ4n) is 2.11. The summed E-state index contributed by atoms with van der Waals surface area (Å²) in [4.78, 5) is 25.3. The van der Waals surface area contributed by atoms with Crippen LogP contribution in [0.25, 0.3) is 0 Å². The summed E-state index contributed by atoms with van der Waals surface area (Å²) in [6.07, 6.45) is 1.95. The normalized spacial score (nSPS) is 19.1. The van der Waals surface area contributed by atoms with Gasteiger partial charge in [-0.2, -0.15) is 5.26 Å². The molecule has 2 rings (SSSR count). The molecule has 4 heteroatoms. The van der Waals surface area contributed by atoms with Gasteiger partial charge in [0.15, 0.2) is 0 Å². The Labute approximate surface area is 111 Å². The number of nitriles is 1. The van der Waals surface area contributed by atoms with Gasteiger partial charge in [-0.25, -0.2) is 0 Å². The number of rotatable bonds is 3. The van der Waals surface area contributed by atoms with Gasteiger partial charge in [-0.05, 0) is 17.6 Å². The average Bonchev–Trinajstić information content (AvgIpc) is 2.44. The SMILES string of the molecule is CCC1=CC(=O)N(Cc2ccccc2)C(=O)C1C#N. The van der Waals surface area contributed by atoms with Crippen LogP contribution in [0.4, 0.5) is 0 Å². The summed E-state index contributed by atoms with van der Waals surface area (Å²) in [7, 11) is 0. The number of carbonyl (C=O) groups excluding carboxylic acids is 2. The molecular weight excluding hydrogens is 240 g/mol. The van der Waals surface area contributed by atoms with Crippen molar-refractivity contribution in [3.63, 3.8) is 0 Å². The van der Waals surface area contributed by atoms with Crippen molar-refractivity contribution in [3.05, 3.63) is 47.5 Å². The fraction of sp³-hybridized carbons (Fsp3) is 0.267. The zero-order valence-corrected chi connectivity index (χ0v) is 10.7. The first kappa shape index (κ1) is 13.0. The predicted octanol–water partition coefficient (Wildman–Crippen LogP) is 2.03. The zero-order chi connectivity index (χ0) is 13.8. The molecule has 1 aliphatic heterocycles. The van der Waals surface area contributed by atoms with Crippen molar-refractivity contribution in [2.45, 2.75) is 19.9 Å². The third-order valence-corrected chi connectivity index (χ3v) is 3.18. The Hall–Kier alpha value is -2.41. The molecule has 0 fully saturated rings. The Morgan fingerprint density at radius 2 is 1.95 bits per heavy atom. The van der Waals surface area contributed by atoms with Crippen molar-refractivity contribution in [3.8, 4) is 6.07 Å². The minimum absolute atomic E-state index is 0.212. The molecule has 96 valence electrons. The number of amides is 2. The zero-order valence-electron chi connectivity index (χ0n) is 10.7. The summed E-state index contributed by atoms with van der Waals surface area (Å²) in [5.41, 5.74) is 1.47. The molecule has 0 saturated carbocycles. The lowest BCUT2D eigenvalue weighted by Gasteiger charge is -2.27. The molecule has 2 amide bonds. The van der Waals surface area contributed by atoms with Crippen molar-refractivity contribution in [2.75, 3.05) is 0 Å². The molecule has 0 radical (unpaired) electrons. The lowest BCUT2D eigenvalue weighted by Crippen LogP contribution is -2.43. The minimum Gasteiger partial charge on any atom is -0.273 e. The number of hydrogen-bond acceptors (Lipinski definition) is 3. The van der Waals surface area contributed by atoms with E-state index in [9.17, 15) is 9.59 Å². The number of hydrogen-bond donors (Lipinski definition) is 0. The molecule has 1 aromatic carbocycles. The topological polar surface area (TPSA) is 61.2 Å². The van der Waals surface area contributed by atoms with Gasteiger partial charge in [-0.15, -0.1) is 0 Å². The minimum atomic E-state index is -0.827. The second-order valence-corrected chi connectivity index (χ2v) is 4.38. The van der Waals surface area contributed by atoms with Crippen LogP contribution in [0.5, 0.6) is 0 Å². The maximum Gasteiger partial charge on any atom is 0.253 e. The summed E-state index contributed by atoms with van der Waals surface area (Å²) in [5.74, 6) is -1.58. The van der Waals surface area contributed by atoms with E-state index in [1.807, 2.05) is 43.3 Å². The smallest absolute Gasteiger partial charge is 0.253 e. The average molecular weight is 254 g/mol. The fourth-order valence-corrected chi connectivity index (χ4v) is 2.11.